The summed E-state index contributed by atoms with van der Waals surface area (Å²) < 4.78 is 0. The summed E-state index contributed by atoms with van der Waals surface area (Å²) in [6.45, 7) is 1.06. The van der Waals surface area contributed by atoms with Gasteiger partial charge in [-0.3, -0.25) is 0 Å². The van der Waals surface area contributed by atoms with Gasteiger partial charge in [0.15, 0.2) is 0 Å². The van der Waals surface area contributed by atoms with Crippen LogP contribution in [0.4, 0.5) is 0 Å². The summed E-state index contributed by atoms with van der Waals surface area (Å²) in [5, 5.41) is 56.8. The van der Waals surface area contributed by atoms with Crippen molar-refractivity contribution in [3.63, 3.8) is 0 Å². The second-order valence-corrected chi connectivity index (χ2v) is 4.89. The molecular formula is C11H24O6. The molecule has 0 spiro atoms. The average molecular weight is 252 g/mol. The van der Waals surface area contributed by atoms with E-state index in [2.05, 4.69) is 0 Å². The third kappa shape index (κ3) is 3.15. The monoisotopic (exact) mass is 252 g/mol. The van der Waals surface area contributed by atoms with E-state index in [1.54, 1.807) is 6.92 Å². The lowest BCUT2D eigenvalue weighted by atomic mass is 9.71. The van der Waals surface area contributed by atoms with E-state index >= 15 is 0 Å². The van der Waals surface area contributed by atoms with Crippen molar-refractivity contribution < 1.29 is 30.6 Å². The number of rotatable bonds is 8. The third-order valence-corrected chi connectivity index (χ3v) is 3.70. The van der Waals surface area contributed by atoms with Crippen LogP contribution in [0.2, 0.25) is 0 Å². The van der Waals surface area contributed by atoms with Gasteiger partial charge in [-0.15, -0.1) is 0 Å². The molecule has 0 radical (unpaired) electrons. The molecular weight excluding hydrogens is 228 g/mol. The van der Waals surface area contributed by atoms with Crippen LogP contribution in [-0.4, -0.2) is 69.3 Å². The molecule has 0 aliphatic carbocycles. The number of aliphatic hydroxyl groups excluding tert-OH is 6. The van der Waals surface area contributed by atoms with Crippen molar-refractivity contribution in [2.24, 2.45) is 10.8 Å². The average Bonchev–Trinajstić information content (AvgIpc) is 2.39. The van der Waals surface area contributed by atoms with Gasteiger partial charge >= 0.3 is 0 Å². The third-order valence-electron chi connectivity index (χ3n) is 3.70. The zero-order valence-corrected chi connectivity index (χ0v) is 10.4. The Morgan fingerprint density at radius 1 is 0.824 bits per heavy atom. The molecule has 2 unspecified atom stereocenters. The van der Waals surface area contributed by atoms with Crippen molar-refractivity contribution in [3.8, 4) is 0 Å². The highest BCUT2D eigenvalue weighted by molar-refractivity contribution is 4.95. The first-order valence-corrected chi connectivity index (χ1v) is 5.67. The van der Waals surface area contributed by atoms with E-state index < -0.39 is 49.5 Å². The van der Waals surface area contributed by atoms with Gasteiger partial charge in [-0.2, -0.15) is 0 Å². The van der Waals surface area contributed by atoms with E-state index in [-0.39, 0.29) is 6.42 Å². The van der Waals surface area contributed by atoms with E-state index in [1.165, 1.54) is 6.92 Å². The van der Waals surface area contributed by atoms with E-state index in [0.29, 0.717) is 0 Å². The fourth-order valence-corrected chi connectivity index (χ4v) is 1.62. The Morgan fingerprint density at radius 3 is 1.47 bits per heavy atom. The molecule has 0 amide bonds. The first kappa shape index (κ1) is 16.8. The first-order valence-electron chi connectivity index (χ1n) is 5.67. The van der Waals surface area contributed by atoms with Gasteiger partial charge in [0.1, 0.15) is 0 Å². The highest BCUT2D eigenvalue weighted by Gasteiger charge is 2.46. The summed E-state index contributed by atoms with van der Waals surface area (Å²) >= 11 is 0. The first-order chi connectivity index (χ1) is 7.87. The SMILES string of the molecule is CCC(CO)(CO)C(O)C(O)C(C)(CO)CO. The smallest absolute Gasteiger partial charge is 0.0906 e. The molecule has 0 fully saturated rings. The maximum absolute atomic E-state index is 10.0. The largest absolute Gasteiger partial charge is 0.396 e. The van der Waals surface area contributed by atoms with Crippen molar-refractivity contribution in [1.29, 1.82) is 0 Å². The van der Waals surface area contributed by atoms with Gasteiger partial charge in [-0.05, 0) is 6.42 Å². The molecule has 6 N–H and O–H groups in total. The lowest BCUT2D eigenvalue weighted by molar-refractivity contribution is -0.161. The van der Waals surface area contributed by atoms with Gasteiger partial charge < -0.3 is 30.6 Å². The number of aliphatic hydroxyl groups is 6. The topological polar surface area (TPSA) is 121 Å². The van der Waals surface area contributed by atoms with E-state index in [1.807, 2.05) is 0 Å². The Hall–Kier alpha value is -0.240. The van der Waals surface area contributed by atoms with Crippen LogP contribution in [0.1, 0.15) is 20.3 Å². The van der Waals surface area contributed by atoms with Crippen molar-refractivity contribution >= 4 is 0 Å². The van der Waals surface area contributed by atoms with Crippen LogP contribution >= 0.6 is 0 Å². The van der Waals surface area contributed by atoms with Crippen LogP contribution < -0.4 is 0 Å². The summed E-state index contributed by atoms with van der Waals surface area (Å²) in [5.41, 5.74) is -2.53. The Morgan fingerprint density at radius 2 is 1.24 bits per heavy atom. The zero-order valence-electron chi connectivity index (χ0n) is 10.4. The molecule has 0 aliphatic heterocycles. The van der Waals surface area contributed by atoms with Gasteiger partial charge in [0.05, 0.1) is 38.6 Å². The maximum Gasteiger partial charge on any atom is 0.0906 e. The lowest BCUT2D eigenvalue weighted by Crippen LogP contribution is -2.55. The van der Waals surface area contributed by atoms with Gasteiger partial charge in [0.25, 0.3) is 0 Å². The molecule has 0 aromatic rings. The van der Waals surface area contributed by atoms with Gasteiger partial charge in [0.2, 0.25) is 0 Å². The Bertz CT molecular complexity index is 204. The van der Waals surface area contributed by atoms with Gasteiger partial charge in [-0.25, -0.2) is 0 Å². The zero-order chi connectivity index (χ0) is 13.7. The molecule has 6 nitrogen and oxygen atoms in total. The normalized spacial score (nSPS) is 16.9. The maximum atomic E-state index is 10.0. The van der Waals surface area contributed by atoms with Crippen LogP contribution in [0.15, 0.2) is 0 Å². The second kappa shape index (κ2) is 6.63. The van der Waals surface area contributed by atoms with Crippen molar-refractivity contribution in [1.82, 2.24) is 0 Å². The van der Waals surface area contributed by atoms with E-state index in [4.69, 9.17) is 10.2 Å². The minimum Gasteiger partial charge on any atom is -0.396 e. The molecule has 2 atom stereocenters. The summed E-state index contributed by atoms with van der Waals surface area (Å²) in [7, 11) is 0. The standard InChI is InChI=1S/C11H24O6/c1-3-11(6-14,7-15)9(17)8(16)10(2,4-12)5-13/h8-9,12-17H,3-7H2,1-2H3. The summed E-state index contributed by atoms with van der Waals surface area (Å²) in [4.78, 5) is 0. The van der Waals surface area contributed by atoms with Crippen molar-refractivity contribution in [2.45, 2.75) is 32.5 Å². The highest BCUT2D eigenvalue weighted by atomic mass is 16.3. The van der Waals surface area contributed by atoms with Crippen LogP contribution in [0, 0.1) is 10.8 Å². The van der Waals surface area contributed by atoms with Crippen LogP contribution in [0.5, 0.6) is 0 Å². The molecule has 0 rings (SSSR count). The fraction of sp³-hybridized carbons (Fsp3) is 1.00. The fourth-order valence-electron chi connectivity index (χ4n) is 1.62. The molecule has 0 aliphatic rings. The molecule has 6 heteroatoms. The number of hydrogen-bond acceptors (Lipinski definition) is 6. The molecule has 17 heavy (non-hydrogen) atoms. The second-order valence-electron chi connectivity index (χ2n) is 4.89. The predicted molar refractivity (Wildman–Crippen MR) is 61.2 cm³/mol. The highest BCUT2D eigenvalue weighted by Crippen LogP contribution is 2.34. The Balaban J connectivity index is 5.07. The van der Waals surface area contributed by atoms with Crippen molar-refractivity contribution in [3.05, 3.63) is 0 Å². The molecule has 0 heterocycles. The Kier molecular flexibility index (Phi) is 6.53. The van der Waals surface area contributed by atoms with Crippen LogP contribution in [0.3, 0.4) is 0 Å². The molecule has 0 bridgehead atoms. The summed E-state index contributed by atoms with van der Waals surface area (Å²) in [6, 6.07) is 0. The Labute approximate surface area is 101 Å². The predicted octanol–water partition coefficient (Wildman–Crippen LogP) is -1.92. The summed E-state index contributed by atoms with van der Waals surface area (Å²) in [5.74, 6) is 0. The van der Waals surface area contributed by atoms with Gasteiger partial charge in [0, 0.05) is 10.8 Å². The molecule has 0 saturated heterocycles. The van der Waals surface area contributed by atoms with Crippen molar-refractivity contribution in [2.75, 3.05) is 26.4 Å². The molecule has 0 aromatic carbocycles. The van der Waals surface area contributed by atoms with Crippen LogP contribution in [0.25, 0.3) is 0 Å². The lowest BCUT2D eigenvalue weighted by Gasteiger charge is -2.42. The minimum atomic E-state index is -1.45. The quantitative estimate of drug-likeness (QED) is 0.299. The summed E-state index contributed by atoms with van der Waals surface area (Å²) in [6.07, 6.45) is -2.63. The van der Waals surface area contributed by atoms with E-state index in [0.717, 1.165) is 0 Å². The van der Waals surface area contributed by atoms with Gasteiger partial charge in [-0.1, -0.05) is 13.8 Å². The van der Waals surface area contributed by atoms with E-state index in [9.17, 15) is 20.4 Å². The number of hydrogen-bond donors (Lipinski definition) is 6. The minimum absolute atomic E-state index is 0.255. The molecule has 0 aromatic heterocycles. The van der Waals surface area contributed by atoms with Crippen LogP contribution in [-0.2, 0) is 0 Å². The molecule has 104 valence electrons. The molecule has 0 saturated carbocycles.